The van der Waals surface area contributed by atoms with E-state index in [1.807, 2.05) is 0 Å². The lowest BCUT2D eigenvalue weighted by atomic mass is 10.3. The lowest BCUT2D eigenvalue weighted by Crippen LogP contribution is -2.22. The van der Waals surface area contributed by atoms with Crippen molar-refractivity contribution < 1.29 is 9.90 Å². The van der Waals surface area contributed by atoms with Crippen LogP contribution in [0.4, 0.5) is 17.2 Å². The van der Waals surface area contributed by atoms with Gasteiger partial charge in [0, 0.05) is 19.3 Å². The molecular formula is C18H16N8O3. The molecule has 3 N–H and O–H groups in total. The fourth-order valence-electron chi connectivity index (χ4n) is 2.79. The molecule has 4 heterocycles. The van der Waals surface area contributed by atoms with Gasteiger partial charge >= 0.3 is 5.97 Å². The Labute approximate surface area is 163 Å². The highest BCUT2D eigenvalue weighted by Crippen LogP contribution is 2.21. The average Bonchev–Trinajstić information content (AvgIpc) is 3.14. The second-order valence-electron chi connectivity index (χ2n) is 6.13. The fourth-order valence-corrected chi connectivity index (χ4v) is 2.79. The van der Waals surface area contributed by atoms with E-state index in [1.165, 1.54) is 15.3 Å². The number of aromatic carboxylic acids is 1. The maximum atomic E-state index is 12.9. The first-order valence-corrected chi connectivity index (χ1v) is 8.57. The summed E-state index contributed by atoms with van der Waals surface area (Å²) < 4.78 is 2.55. The number of pyridine rings is 1. The van der Waals surface area contributed by atoms with Crippen LogP contribution in [0, 0.1) is 6.92 Å². The number of anilines is 3. The second-order valence-corrected chi connectivity index (χ2v) is 6.13. The third kappa shape index (κ3) is 3.25. The van der Waals surface area contributed by atoms with Crippen molar-refractivity contribution in [2.45, 2.75) is 6.92 Å². The molecule has 11 heteroatoms. The molecule has 0 aromatic carbocycles. The van der Waals surface area contributed by atoms with Crippen LogP contribution in [0.5, 0.6) is 0 Å². The Hall–Kier alpha value is -4.28. The van der Waals surface area contributed by atoms with Crippen LogP contribution in [0.2, 0.25) is 0 Å². The number of carbonyl (C=O) groups is 1. The summed E-state index contributed by atoms with van der Waals surface area (Å²) in [6.07, 6.45) is 2.81. The Morgan fingerprint density at radius 2 is 2.00 bits per heavy atom. The maximum absolute atomic E-state index is 12.9. The van der Waals surface area contributed by atoms with Gasteiger partial charge in [0.2, 0.25) is 0 Å². The summed E-state index contributed by atoms with van der Waals surface area (Å²) in [5.74, 6) is -0.511. The van der Waals surface area contributed by atoms with E-state index in [2.05, 4.69) is 30.9 Å². The van der Waals surface area contributed by atoms with Gasteiger partial charge in [0.05, 0.1) is 17.6 Å². The minimum atomic E-state index is -1.16. The van der Waals surface area contributed by atoms with Gasteiger partial charge in [-0.3, -0.25) is 9.36 Å². The number of aromatic nitrogens is 6. The van der Waals surface area contributed by atoms with Crippen molar-refractivity contribution in [3.63, 3.8) is 0 Å². The van der Waals surface area contributed by atoms with Crippen LogP contribution in [-0.4, -0.2) is 47.5 Å². The molecule has 146 valence electrons. The summed E-state index contributed by atoms with van der Waals surface area (Å²) in [4.78, 5) is 28.4. The number of carboxylic acid groups (broad SMARTS) is 1. The number of nitrogens with zero attached hydrogens (tertiary/aromatic N) is 6. The van der Waals surface area contributed by atoms with Gasteiger partial charge in [-0.2, -0.15) is 5.10 Å². The molecule has 0 unspecified atom stereocenters. The monoisotopic (exact) mass is 392 g/mol. The highest BCUT2D eigenvalue weighted by Gasteiger charge is 2.16. The molecule has 4 rings (SSSR count). The van der Waals surface area contributed by atoms with Crippen LogP contribution in [0.3, 0.4) is 0 Å². The molecule has 4 aromatic heterocycles. The van der Waals surface area contributed by atoms with Crippen molar-refractivity contribution in [2.24, 2.45) is 0 Å². The van der Waals surface area contributed by atoms with Crippen molar-refractivity contribution in [1.82, 2.24) is 29.4 Å². The van der Waals surface area contributed by atoms with Crippen LogP contribution in [-0.2, 0) is 0 Å². The minimum Gasteiger partial charge on any atom is -0.476 e. The number of fused-ring (bicyclic) bond motifs is 1. The summed E-state index contributed by atoms with van der Waals surface area (Å²) in [5.41, 5.74) is 1.43. The molecule has 0 bridgehead atoms. The number of hydrogen-bond acceptors (Lipinski definition) is 8. The van der Waals surface area contributed by atoms with Crippen LogP contribution >= 0.6 is 0 Å². The summed E-state index contributed by atoms with van der Waals surface area (Å²) in [6, 6.07) is 8.37. The topological polar surface area (TPSA) is 139 Å². The first kappa shape index (κ1) is 18.1. The van der Waals surface area contributed by atoms with Crippen molar-refractivity contribution in [2.75, 3.05) is 17.7 Å². The first-order valence-electron chi connectivity index (χ1n) is 8.57. The normalized spacial score (nSPS) is 10.8. The summed E-state index contributed by atoms with van der Waals surface area (Å²) in [7, 11) is 1.68. The molecule has 0 aliphatic heterocycles. The molecule has 0 aliphatic rings. The molecule has 0 fully saturated rings. The van der Waals surface area contributed by atoms with Crippen molar-refractivity contribution in [3.05, 3.63) is 64.5 Å². The summed E-state index contributed by atoms with van der Waals surface area (Å²) >= 11 is 0. The van der Waals surface area contributed by atoms with E-state index in [1.54, 1.807) is 50.5 Å². The van der Waals surface area contributed by atoms with Gasteiger partial charge < -0.3 is 15.7 Å². The van der Waals surface area contributed by atoms with E-state index in [0.29, 0.717) is 17.2 Å². The number of carboxylic acids is 1. The predicted molar refractivity (Wildman–Crippen MR) is 105 cm³/mol. The molecule has 29 heavy (non-hydrogen) atoms. The first-order chi connectivity index (χ1) is 14.0. The molecular weight excluding hydrogens is 376 g/mol. The third-order valence-corrected chi connectivity index (χ3v) is 4.20. The average molecular weight is 392 g/mol. The molecule has 0 saturated heterocycles. The molecule has 0 atom stereocenters. The highest BCUT2D eigenvalue weighted by atomic mass is 16.4. The van der Waals surface area contributed by atoms with Crippen molar-refractivity contribution in [3.8, 4) is 5.82 Å². The number of aryl methyl sites for hydroxylation is 1. The zero-order valence-electron chi connectivity index (χ0n) is 15.5. The van der Waals surface area contributed by atoms with Gasteiger partial charge in [0.25, 0.3) is 5.56 Å². The number of hydrogen-bond donors (Lipinski definition) is 3. The Morgan fingerprint density at radius 3 is 2.69 bits per heavy atom. The molecule has 0 spiro atoms. The lowest BCUT2D eigenvalue weighted by Gasteiger charge is -2.11. The van der Waals surface area contributed by atoms with Gasteiger partial charge in [-0.1, -0.05) is 0 Å². The number of nitrogens with one attached hydrogen (secondary N) is 2. The van der Waals surface area contributed by atoms with E-state index in [4.69, 9.17) is 0 Å². The smallest absolute Gasteiger partial charge is 0.356 e. The van der Waals surface area contributed by atoms with Gasteiger partial charge in [0.1, 0.15) is 5.69 Å². The highest BCUT2D eigenvalue weighted by molar-refractivity contribution is 5.88. The lowest BCUT2D eigenvalue weighted by molar-refractivity contribution is 0.0688. The summed E-state index contributed by atoms with van der Waals surface area (Å²) in [5, 5.41) is 27.5. The van der Waals surface area contributed by atoms with E-state index in [9.17, 15) is 14.7 Å². The largest absolute Gasteiger partial charge is 0.476 e. The van der Waals surface area contributed by atoms with E-state index >= 15 is 0 Å². The van der Waals surface area contributed by atoms with Crippen molar-refractivity contribution in [1.29, 1.82) is 0 Å². The molecule has 11 nitrogen and oxygen atoms in total. The summed E-state index contributed by atoms with van der Waals surface area (Å²) in [6.45, 7) is 1.81. The van der Waals surface area contributed by atoms with Crippen LogP contribution in [0.25, 0.3) is 11.5 Å². The third-order valence-electron chi connectivity index (χ3n) is 4.20. The van der Waals surface area contributed by atoms with Gasteiger partial charge in [-0.05, 0) is 31.2 Å². The Morgan fingerprint density at radius 1 is 1.17 bits per heavy atom. The molecule has 0 aliphatic carbocycles. The van der Waals surface area contributed by atoms with Crippen LogP contribution in [0.15, 0.2) is 47.5 Å². The SMILES string of the molecule is CNc1cc(Nc2cccn(-c3ccc(C)nn3)c2=O)nn2c(C(=O)O)cnc12. The Bertz CT molecular complexity index is 1280. The minimum absolute atomic E-state index is 0.0967. The molecule has 4 aromatic rings. The van der Waals surface area contributed by atoms with E-state index < -0.39 is 5.97 Å². The van der Waals surface area contributed by atoms with Gasteiger partial charge in [0.15, 0.2) is 23.0 Å². The zero-order valence-corrected chi connectivity index (χ0v) is 15.5. The molecule has 0 saturated carbocycles. The Balaban J connectivity index is 1.78. The fraction of sp³-hybridized carbons (Fsp3) is 0.111. The Kier molecular flexibility index (Phi) is 4.39. The van der Waals surface area contributed by atoms with Crippen LogP contribution in [0.1, 0.15) is 16.2 Å². The van der Waals surface area contributed by atoms with Crippen molar-refractivity contribution >= 4 is 28.8 Å². The quantitative estimate of drug-likeness (QED) is 0.460. The standard InChI is InChI=1S/C18H16N8O3/c1-10-5-6-15(23-22-10)25-7-3-4-11(17(25)27)21-14-8-12(19-2)16-20-9-13(18(28)29)26(16)24-14/h3-9,19H,1-2H3,(H,21,24)(H,28,29). The second kappa shape index (κ2) is 7.03. The predicted octanol–water partition coefficient (Wildman–Crippen LogP) is 1.46. The van der Waals surface area contributed by atoms with Gasteiger partial charge in [-0.25, -0.2) is 14.3 Å². The van der Waals surface area contributed by atoms with Crippen LogP contribution < -0.4 is 16.2 Å². The van der Waals surface area contributed by atoms with E-state index in [0.717, 1.165) is 5.69 Å². The molecule has 0 amide bonds. The maximum Gasteiger partial charge on any atom is 0.356 e. The number of imidazole rings is 1. The van der Waals surface area contributed by atoms with Gasteiger partial charge in [-0.15, -0.1) is 10.2 Å². The van der Waals surface area contributed by atoms with E-state index in [-0.39, 0.29) is 22.8 Å². The zero-order chi connectivity index (χ0) is 20.5. The number of rotatable bonds is 5. The molecule has 0 radical (unpaired) electrons.